The zero-order chi connectivity index (χ0) is 16.0. The topological polar surface area (TPSA) is 74.6 Å². The van der Waals surface area contributed by atoms with Gasteiger partial charge in [0.15, 0.2) is 0 Å². The lowest BCUT2D eigenvalue weighted by Gasteiger charge is -2.33. The fourth-order valence-corrected chi connectivity index (χ4v) is 2.80. The first-order chi connectivity index (χ1) is 10.6. The highest BCUT2D eigenvalue weighted by Crippen LogP contribution is 2.40. The van der Waals surface area contributed by atoms with Crippen LogP contribution in [0.15, 0.2) is 48.5 Å². The Labute approximate surface area is 129 Å². The number of aldehydes is 2. The average molecular weight is 298 g/mol. The third kappa shape index (κ3) is 3.17. The summed E-state index contributed by atoms with van der Waals surface area (Å²) in [6.07, 6.45) is 2.68. The second-order valence-corrected chi connectivity index (χ2v) is 5.25. The van der Waals surface area contributed by atoms with Gasteiger partial charge in [0.25, 0.3) is 0 Å². The van der Waals surface area contributed by atoms with E-state index >= 15 is 0 Å². The van der Waals surface area contributed by atoms with Crippen LogP contribution in [0.5, 0.6) is 11.5 Å². The van der Waals surface area contributed by atoms with Gasteiger partial charge in [-0.25, -0.2) is 0 Å². The van der Waals surface area contributed by atoms with Gasteiger partial charge in [-0.2, -0.15) is 0 Å². The Morgan fingerprint density at radius 3 is 1.59 bits per heavy atom. The quantitative estimate of drug-likeness (QED) is 0.771. The summed E-state index contributed by atoms with van der Waals surface area (Å²) < 4.78 is 0. The first-order valence-electron chi connectivity index (χ1n) is 7.08. The molecule has 0 aliphatic carbocycles. The molecule has 0 radical (unpaired) electrons. The molecule has 2 N–H and O–H groups in total. The molecule has 0 saturated carbocycles. The third-order valence-electron chi connectivity index (χ3n) is 3.96. The number of benzene rings is 2. The number of hydrogen-bond donors (Lipinski definition) is 2. The number of carbonyl (C=O) groups excluding carboxylic acids is 2. The monoisotopic (exact) mass is 298 g/mol. The molecular formula is C18H18O4. The van der Waals surface area contributed by atoms with E-state index in [9.17, 15) is 19.8 Å². The molecule has 0 fully saturated rings. The maximum absolute atomic E-state index is 11.3. The van der Waals surface area contributed by atoms with Gasteiger partial charge >= 0.3 is 0 Å². The van der Waals surface area contributed by atoms with Crippen molar-refractivity contribution in [2.24, 2.45) is 0 Å². The Morgan fingerprint density at radius 1 is 0.773 bits per heavy atom. The minimum atomic E-state index is -0.649. The second-order valence-electron chi connectivity index (χ2n) is 5.25. The predicted molar refractivity (Wildman–Crippen MR) is 83.0 cm³/mol. The van der Waals surface area contributed by atoms with Crippen LogP contribution in [-0.2, 0) is 15.0 Å². The molecule has 4 nitrogen and oxygen atoms in total. The maximum atomic E-state index is 11.3. The van der Waals surface area contributed by atoms with Gasteiger partial charge in [0.1, 0.15) is 24.1 Å². The van der Waals surface area contributed by atoms with Crippen LogP contribution >= 0.6 is 0 Å². The standard InChI is InChI=1S/C18H18O4/c19-12-1-10-18(11-13-20,14-2-6-16(21)7-3-14)15-4-8-17(22)9-5-15/h2-9,12-13,21-22H,1,10-11H2. The van der Waals surface area contributed by atoms with E-state index in [2.05, 4.69) is 0 Å². The van der Waals surface area contributed by atoms with Crippen molar-refractivity contribution in [2.45, 2.75) is 24.7 Å². The lowest BCUT2D eigenvalue weighted by Crippen LogP contribution is -2.28. The molecule has 0 aromatic heterocycles. The van der Waals surface area contributed by atoms with E-state index in [1.165, 1.54) is 0 Å². The Bertz CT molecular complexity index is 584. The van der Waals surface area contributed by atoms with E-state index in [1.54, 1.807) is 48.5 Å². The lowest BCUT2D eigenvalue weighted by molar-refractivity contribution is -0.110. The average Bonchev–Trinajstić information content (AvgIpc) is 2.53. The molecule has 22 heavy (non-hydrogen) atoms. The first kappa shape index (κ1) is 15.8. The fraction of sp³-hybridized carbons (Fsp3) is 0.222. The van der Waals surface area contributed by atoms with Crippen molar-refractivity contribution < 1.29 is 19.8 Å². The summed E-state index contributed by atoms with van der Waals surface area (Å²) in [4.78, 5) is 22.1. The summed E-state index contributed by atoms with van der Waals surface area (Å²) in [5.41, 5.74) is 1.05. The Balaban J connectivity index is 2.58. The number of hydrogen-bond acceptors (Lipinski definition) is 4. The maximum Gasteiger partial charge on any atom is 0.121 e. The highest BCUT2D eigenvalue weighted by Gasteiger charge is 2.33. The summed E-state index contributed by atoms with van der Waals surface area (Å²) in [7, 11) is 0. The van der Waals surface area contributed by atoms with Crippen LogP contribution in [0.4, 0.5) is 0 Å². The molecule has 0 aliphatic heterocycles. The number of carbonyl (C=O) groups is 2. The van der Waals surface area contributed by atoms with Crippen molar-refractivity contribution in [1.82, 2.24) is 0 Å². The second kappa shape index (κ2) is 6.89. The molecule has 114 valence electrons. The van der Waals surface area contributed by atoms with Crippen LogP contribution in [0, 0.1) is 0 Å². The molecule has 2 rings (SSSR count). The van der Waals surface area contributed by atoms with Gasteiger partial charge in [-0.15, -0.1) is 0 Å². The summed E-state index contributed by atoms with van der Waals surface area (Å²) in [6, 6.07) is 13.3. The largest absolute Gasteiger partial charge is 0.508 e. The predicted octanol–water partition coefficient (Wildman–Crippen LogP) is 2.95. The molecule has 0 aliphatic rings. The summed E-state index contributed by atoms with van der Waals surface area (Å²) >= 11 is 0. The van der Waals surface area contributed by atoms with E-state index in [0.717, 1.165) is 23.7 Å². The van der Waals surface area contributed by atoms with Crippen LogP contribution in [0.1, 0.15) is 30.4 Å². The van der Waals surface area contributed by atoms with Crippen molar-refractivity contribution in [3.05, 3.63) is 59.7 Å². The zero-order valence-corrected chi connectivity index (χ0v) is 12.1. The van der Waals surface area contributed by atoms with Crippen LogP contribution in [0.25, 0.3) is 0 Å². The molecule has 4 heteroatoms. The van der Waals surface area contributed by atoms with Crippen molar-refractivity contribution in [1.29, 1.82) is 0 Å². The molecule has 0 unspecified atom stereocenters. The molecule has 0 atom stereocenters. The van der Waals surface area contributed by atoms with Crippen molar-refractivity contribution in [3.63, 3.8) is 0 Å². The minimum Gasteiger partial charge on any atom is -0.508 e. The molecule has 0 heterocycles. The van der Waals surface area contributed by atoms with Gasteiger partial charge < -0.3 is 19.8 Å². The molecule has 2 aromatic rings. The van der Waals surface area contributed by atoms with Gasteiger partial charge in [-0.3, -0.25) is 0 Å². The molecule has 0 spiro atoms. The van der Waals surface area contributed by atoms with Gasteiger partial charge in [-0.05, 0) is 41.8 Å². The number of rotatable bonds is 7. The third-order valence-corrected chi connectivity index (χ3v) is 3.96. The Kier molecular flexibility index (Phi) is 4.94. The van der Waals surface area contributed by atoms with Crippen molar-refractivity contribution in [2.75, 3.05) is 0 Å². The van der Waals surface area contributed by atoms with Crippen molar-refractivity contribution >= 4 is 12.6 Å². The van der Waals surface area contributed by atoms with E-state index in [4.69, 9.17) is 0 Å². The molecule has 0 bridgehead atoms. The van der Waals surface area contributed by atoms with Crippen LogP contribution in [-0.4, -0.2) is 22.8 Å². The van der Waals surface area contributed by atoms with E-state index in [0.29, 0.717) is 12.8 Å². The number of aromatic hydroxyl groups is 2. The summed E-state index contributed by atoms with van der Waals surface area (Å²) in [6.45, 7) is 0. The zero-order valence-electron chi connectivity index (χ0n) is 12.1. The highest BCUT2D eigenvalue weighted by molar-refractivity contribution is 5.59. The van der Waals surface area contributed by atoms with E-state index in [1.807, 2.05) is 0 Å². The van der Waals surface area contributed by atoms with E-state index < -0.39 is 5.41 Å². The fourth-order valence-electron chi connectivity index (χ4n) is 2.80. The van der Waals surface area contributed by atoms with Crippen LogP contribution in [0.3, 0.4) is 0 Å². The number of phenols is 2. The summed E-state index contributed by atoms with van der Waals surface area (Å²) in [5, 5.41) is 19.0. The molecule has 2 aromatic carbocycles. The first-order valence-corrected chi connectivity index (χ1v) is 7.08. The Hall–Kier alpha value is -2.62. The van der Waals surface area contributed by atoms with E-state index in [-0.39, 0.29) is 17.9 Å². The normalized spacial score (nSPS) is 11.1. The lowest BCUT2D eigenvalue weighted by atomic mass is 9.69. The Morgan fingerprint density at radius 2 is 1.23 bits per heavy atom. The van der Waals surface area contributed by atoms with Crippen LogP contribution < -0.4 is 0 Å². The number of phenolic OH excluding ortho intramolecular Hbond substituents is 2. The van der Waals surface area contributed by atoms with Gasteiger partial charge in [0.2, 0.25) is 0 Å². The SMILES string of the molecule is O=CCCC(CC=O)(c1ccc(O)cc1)c1ccc(O)cc1. The smallest absolute Gasteiger partial charge is 0.121 e. The van der Waals surface area contributed by atoms with Gasteiger partial charge in [-0.1, -0.05) is 24.3 Å². The summed E-state index contributed by atoms with van der Waals surface area (Å²) in [5.74, 6) is 0.287. The highest BCUT2D eigenvalue weighted by atomic mass is 16.3. The molecule has 0 amide bonds. The molecule has 0 saturated heterocycles. The molecular weight excluding hydrogens is 280 g/mol. The minimum absolute atomic E-state index is 0.143. The van der Waals surface area contributed by atoms with Crippen LogP contribution in [0.2, 0.25) is 0 Å². The van der Waals surface area contributed by atoms with Gasteiger partial charge in [0, 0.05) is 18.3 Å². The van der Waals surface area contributed by atoms with Gasteiger partial charge in [0.05, 0.1) is 0 Å². The van der Waals surface area contributed by atoms with Crippen molar-refractivity contribution in [3.8, 4) is 11.5 Å².